The monoisotopic (exact) mass is 418 g/mol. The van der Waals surface area contributed by atoms with E-state index >= 15 is 0 Å². The lowest BCUT2D eigenvalue weighted by Gasteiger charge is -2.24. The SMILES string of the molecule is CN(CCCC(=O)c1ccc(S(=O)(=O)NC(C)(C)C)s1)C(=O)OC(C)(C)C. The second-order valence-electron chi connectivity index (χ2n) is 8.40. The summed E-state index contributed by atoms with van der Waals surface area (Å²) in [5.74, 6) is -0.144. The molecule has 27 heavy (non-hydrogen) atoms. The Morgan fingerprint density at radius 2 is 1.74 bits per heavy atom. The Hall–Kier alpha value is -1.45. The third-order valence-electron chi connectivity index (χ3n) is 3.16. The van der Waals surface area contributed by atoms with Crippen LogP contribution in [0.4, 0.5) is 4.79 Å². The second kappa shape index (κ2) is 8.70. The van der Waals surface area contributed by atoms with Crippen LogP contribution in [0.25, 0.3) is 0 Å². The van der Waals surface area contributed by atoms with E-state index in [0.29, 0.717) is 17.8 Å². The molecule has 1 rings (SSSR count). The lowest BCUT2D eigenvalue weighted by molar-refractivity contribution is 0.0295. The van der Waals surface area contributed by atoms with Crippen molar-refractivity contribution in [3.63, 3.8) is 0 Å². The first-order valence-electron chi connectivity index (χ1n) is 8.72. The topological polar surface area (TPSA) is 92.8 Å². The van der Waals surface area contributed by atoms with Crippen LogP contribution in [0.3, 0.4) is 0 Å². The molecule has 0 aliphatic heterocycles. The van der Waals surface area contributed by atoms with Crippen molar-refractivity contribution in [1.82, 2.24) is 9.62 Å². The quantitative estimate of drug-likeness (QED) is 0.682. The first-order chi connectivity index (χ1) is 12.1. The molecule has 0 spiro atoms. The van der Waals surface area contributed by atoms with E-state index in [1.54, 1.807) is 48.6 Å². The molecule has 1 amide bonds. The van der Waals surface area contributed by atoms with Crippen molar-refractivity contribution < 1.29 is 22.7 Å². The molecule has 1 heterocycles. The van der Waals surface area contributed by atoms with E-state index in [0.717, 1.165) is 11.3 Å². The molecule has 1 N–H and O–H groups in total. The van der Waals surface area contributed by atoms with E-state index in [4.69, 9.17) is 4.74 Å². The molecule has 1 aromatic rings. The molecule has 1 aromatic heterocycles. The van der Waals surface area contributed by atoms with Gasteiger partial charge in [0.25, 0.3) is 10.0 Å². The summed E-state index contributed by atoms with van der Waals surface area (Å²) in [5.41, 5.74) is -1.17. The van der Waals surface area contributed by atoms with Gasteiger partial charge in [0.05, 0.1) is 4.88 Å². The van der Waals surface area contributed by atoms with Gasteiger partial charge in [-0.15, -0.1) is 11.3 Å². The molecule has 0 saturated heterocycles. The molecular weight excluding hydrogens is 388 g/mol. The number of nitrogens with one attached hydrogen (secondary N) is 1. The summed E-state index contributed by atoms with van der Waals surface area (Å²) in [7, 11) is -2.03. The number of carbonyl (C=O) groups is 2. The van der Waals surface area contributed by atoms with Crippen molar-refractivity contribution in [2.24, 2.45) is 0 Å². The maximum absolute atomic E-state index is 12.3. The number of hydrogen-bond acceptors (Lipinski definition) is 6. The number of sulfonamides is 1. The van der Waals surface area contributed by atoms with Crippen LogP contribution in [0.2, 0.25) is 0 Å². The van der Waals surface area contributed by atoms with E-state index in [9.17, 15) is 18.0 Å². The minimum Gasteiger partial charge on any atom is -0.444 e. The maximum Gasteiger partial charge on any atom is 0.410 e. The molecule has 0 fully saturated rings. The van der Waals surface area contributed by atoms with Gasteiger partial charge in [0.15, 0.2) is 5.78 Å². The van der Waals surface area contributed by atoms with E-state index < -0.39 is 27.3 Å². The zero-order chi connectivity index (χ0) is 21.0. The average molecular weight is 419 g/mol. The van der Waals surface area contributed by atoms with Crippen LogP contribution >= 0.6 is 11.3 Å². The summed E-state index contributed by atoms with van der Waals surface area (Å²) in [6.07, 6.45) is 0.252. The third kappa shape index (κ3) is 8.40. The smallest absolute Gasteiger partial charge is 0.410 e. The molecule has 0 aromatic carbocycles. The summed E-state index contributed by atoms with van der Waals surface area (Å²) in [4.78, 5) is 26.0. The number of ketones is 1. The van der Waals surface area contributed by atoms with Gasteiger partial charge in [-0.3, -0.25) is 4.79 Å². The molecule has 154 valence electrons. The summed E-state index contributed by atoms with van der Waals surface area (Å²) >= 11 is 0.956. The highest BCUT2D eigenvalue weighted by atomic mass is 32.2. The maximum atomic E-state index is 12.3. The summed E-state index contributed by atoms with van der Waals surface area (Å²) in [6, 6.07) is 2.97. The van der Waals surface area contributed by atoms with Crippen molar-refractivity contribution in [1.29, 1.82) is 0 Å². The molecule has 0 aliphatic rings. The Morgan fingerprint density at radius 1 is 1.15 bits per heavy atom. The number of rotatable bonds is 7. The van der Waals surface area contributed by atoms with Crippen LogP contribution in [-0.4, -0.2) is 49.9 Å². The lowest BCUT2D eigenvalue weighted by Crippen LogP contribution is -2.40. The van der Waals surface area contributed by atoms with E-state index in [-0.39, 0.29) is 16.4 Å². The highest BCUT2D eigenvalue weighted by Crippen LogP contribution is 2.24. The van der Waals surface area contributed by atoms with E-state index in [2.05, 4.69) is 4.72 Å². The van der Waals surface area contributed by atoms with Crippen LogP contribution in [0.5, 0.6) is 0 Å². The predicted octanol–water partition coefficient (Wildman–Crippen LogP) is 3.65. The minimum absolute atomic E-state index is 0.117. The third-order valence-corrected chi connectivity index (χ3v) is 6.54. The largest absolute Gasteiger partial charge is 0.444 e. The van der Waals surface area contributed by atoms with Crippen molar-refractivity contribution in [2.45, 2.75) is 69.7 Å². The lowest BCUT2D eigenvalue weighted by atomic mass is 10.1. The molecular formula is C18H30N2O5S2. The molecule has 0 bridgehead atoms. The Labute approximate surface area is 166 Å². The van der Waals surface area contributed by atoms with Gasteiger partial charge in [-0.1, -0.05) is 0 Å². The normalized spacial score (nSPS) is 12.7. The van der Waals surface area contributed by atoms with Gasteiger partial charge < -0.3 is 9.64 Å². The van der Waals surface area contributed by atoms with E-state index in [1.165, 1.54) is 17.0 Å². The molecule has 9 heteroatoms. The van der Waals surface area contributed by atoms with Crippen molar-refractivity contribution >= 4 is 33.2 Å². The number of ether oxygens (including phenoxy) is 1. The molecule has 0 unspecified atom stereocenters. The van der Waals surface area contributed by atoms with E-state index in [1.807, 2.05) is 0 Å². The van der Waals surface area contributed by atoms with Gasteiger partial charge in [0.2, 0.25) is 0 Å². The van der Waals surface area contributed by atoms with Crippen LogP contribution < -0.4 is 4.72 Å². The number of Topliss-reactive ketones (excluding diaryl/α,β-unsaturated/α-hetero) is 1. The van der Waals surface area contributed by atoms with Gasteiger partial charge in [0.1, 0.15) is 9.81 Å². The van der Waals surface area contributed by atoms with Gasteiger partial charge in [-0.2, -0.15) is 0 Å². The Morgan fingerprint density at radius 3 is 2.26 bits per heavy atom. The predicted molar refractivity (Wildman–Crippen MR) is 107 cm³/mol. The van der Waals surface area contributed by atoms with Gasteiger partial charge >= 0.3 is 6.09 Å². The molecule has 0 aliphatic carbocycles. The van der Waals surface area contributed by atoms with Crippen LogP contribution in [0.1, 0.15) is 64.1 Å². The number of amides is 1. The highest BCUT2D eigenvalue weighted by molar-refractivity contribution is 7.91. The van der Waals surface area contributed by atoms with Crippen LogP contribution in [-0.2, 0) is 14.8 Å². The number of hydrogen-bond donors (Lipinski definition) is 1. The molecule has 0 atom stereocenters. The van der Waals surface area contributed by atoms with Crippen LogP contribution in [0, 0.1) is 0 Å². The van der Waals surface area contributed by atoms with Crippen molar-refractivity contribution in [2.75, 3.05) is 13.6 Å². The molecule has 7 nitrogen and oxygen atoms in total. The Balaban J connectivity index is 2.60. The summed E-state index contributed by atoms with van der Waals surface area (Å²) in [6.45, 7) is 11.0. The number of nitrogens with zero attached hydrogens (tertiary/aromatic N) is 1. The Kier molecular flexibility index (Phi) is 7.60. The average Bonchev–Trinajstić information content (AvgIpc) is 2.93. The zero-order valence-electron chi connectivity index (χ0n) is 17.1. The van der Waals surface area contributed by atoms with Gasteiger partial charge in [-0.25, -0.2) is 17.9 Å². The van der Waals surface area contributed by atoms with Gasteiger partial charge in [-0.05, 0) is 60.1 Å². The molecule has 0 saturated carbocycles. The number of carbonyl (C=O) groups excluding carboxylic acids is 2. The number of thiophene rings is 1. The molecule has 0 radical (unpaired) electrons. The summed E-state index contributed by atoms with van der Waals surface area (Å²) in [5, 5.41) is 0. The second-order valence-corrected chi connectivity index (χ2v) is 11.4. The van der Waals surface area contributed by atoms with Crippen LogP contribution in [0.15, 0.2) is 16.3 Å². The minimum atomic E-state index is -3.65. The fourth-order valence-electron chi connectivity index (χ4n) is 2.10. The first kappa shape index (κ1) is 23.6. The van der Waals surface area contributed by atoms with Gasteiger partial charge in [0, 0.05) is 25.6 Å². The Bertz CT molecular complexity index is 770. The summed E-state index contributed by atoms with van der Waals surface area (Å²) < 4.78 is 32.5. The highest BCUT2D eigenvalue weighted by Gasteiger charge is 2.25. The fourth-order valence-corrected chi connectivity index (χ4v) is 4.79. The fraction of sp³-hybridized carbons (Fsp3) is 0.667. The van der Waals surface area contributed by atoms with Crippen molar-refractivity contribution in [3.05, 3.63) is 17.0 Å². The standard InChI is InChI=1S/C18H30N2O5S2/c1-17(2,3)19-27(23,24)15-11-10-14(26-15)13(21)9-8-12-20(7)16(22)25-18(4,5)6/h10-11,19H,8-9,12H2,1-7H3. The zero-order valence-corrected chi connectivity index (χ0v) is 18.7. The van der Waals surface area contributed by atoms with Crippen molar-refractivity contribution in [3.8, 4) is 0 Å². The first-order valence-corrected chi connectivity index (χ1v) is 11.0.